The molecule has 3 rings (SSSR count). The van der Waals surface area contributed by atoms with Crippen molar-refractivity contribution in [2.24, 2.45) is 11.7 Å². The van der Waals surface area contributed by atoms with E-state index in [2.05, 4.69) is 16.3 Å². The number of piperidine rings is 1. The van der Waals surface area contributed by atoms with E-state index >= 15 is 0 Å². The first-order valence-electron chi connectivity index (χ1n) is 8.17. The van der Waals surface area contributed by atoms with E-state index in [1.165, 1.54) is 11.1 Å². The molecule has 6 heteroatoms. The molecule has 0 saturated carbocycles. The van der Waals surface area contributed by atoms with Crippen molar-refractivity contribution in [3.8, 4) is 11.5 Å². The lowest BCUT2D eigenvalue weighted by Crippen LogP contribution is -2.39. The van der Waals surface area contributed by atoms with Crippen LogP contribution in [0, 0.1) is 5.92 Å². The minimum absolute atomic E-state index is 0.0136. The molecular weight excluding hydrogens is 294 g/mol. The van der Waals surface area contributed by atoms with Gasteiger partial charge in [0.25, 0.3) is 0 Å². The Labute approximate surface area is 136 Å². The molecular formula is C17H25N3O3. The van der Waals surface area contributed by atoms with Gasteiger partial charge < -0.3 is 25.4 Å². The molecule has 0 radical (unpaired) electrons. The van der Waals surface area contributed by atoms with Crippen molar-refractivity contribution in [3.05, 3.63) is 17.2 Å². The standard InChI is InChI=1S/C17H25N3O3/c1-22-14-9-12-10-19-6-3-13(12)15(16(14)23-2)20-7-4-11(5-8-20)17(18)21/h9,11,19H,3-8,10H2,1-2H3,(H2,18,21). The van der Waals surface area contributed by atoms with Crippen LogP contribution in [0.5, 0.6) is 11.5 Å². The van der Waals surface area contributed by atoms with Crippen LogP contribution in [0.4, 0.5) is 5.69 Å². The Morgan fingerprint density at radius 3 is 2.65 bits per heavy atom. The Kier molecular flexibility index (Phi) is 4.61. The summed E-state index contributed by atoms with van der Waals surface area (Å²) in [4.78, 5) is 13.7. The van der Waals surface area contributed by atoms with Gasteiger partial charge in [0.15, 0.2) is 11.5 Å². The van der Waals surface area contributed by atoms with Crippen LogP contribution in [0.1, 0.15) is 24.0 Å². The molecule has 0 bridgehead atoms. The van der Waals surface area contributed by atoms with E-state index in [1.54, 1.807) is 14.2 Å². The molecule has 0 aliphatic carbocycles. The van der Waals surface area contributed by atoms with Crippen LogP contribution in [-0.2, 0) is 17.8 Å². The number of hydrogen-bond donors (Lipinski definition) is 2. The first kappa shape index (κ1) is 15.9. The number of benzene rings is 1. The number of primary amides is 1. The monoisotopic (exact) mass is 319 g/mol. The summed E-state index contributed by atoms with van der Waals surface area (Å²) in [6, 6.07) is 2.07. The van der Waals surface area contributed by atoms with Crippen LogP contribution in [0.25, 0.3) is 0 Å². The number of fused-ring (bicyclic) bond motifs is 1. The number of nitrogens with zero attached hydrogens (tertiary/aromatic N) is 1. The van der Waals surface area contributed by atoms with Crippen LogP contribution in [0.2, 0.25) is 0 Å². The molecule has 0 spiro atoms. The molecule has 23 heavy (non-hydrogen) atoms. The van der Waals surface area contributed by atoms with Gasteiger partial charge in [-0.05, 0) is 43.0 Å². The summed E-state index contributed by atoms with van der Waals surface area (Å²) in [5.74, 6) is 1.36. The van der Waals surface area contributed by atoms with Gasteiger partial charge in [0.1, 0.15) is 0 Å². The maximum absolute atomic E-state index is 11.4. The minimum Gasteiger partial charge on any atom is -0.493 e. The number of carbonyl (C=O) groups excluding carboxylic acids is 1. The van der Waals surface area contributed by atoms with Gasteiger partial charge in [-0.3, -0.25) is 4.79 Å². The van der Waals surface area contributed by atoms with Gasteiger partial charge in [-0.1, -0.05) is 0 Å². The number of nitrogens with one attached hydrogen (secondary N) is 1. The van der Waals surface area contributed by atoms with Crippen LogP contribution < -0.4 is 25.4 Å². The zero-order valence-electron chi connectivity index (χ0n) is 13.9. The lowest BCUT2D eigenvalue weighted by molar-refractivity contribution is -0.122. The maximum atomic E-state index is 11.4. The van der Waals surface area contributed by atoms with E-state index in [0.717, 1.165) is 62.6 Å². The predicted octanol–water partition coefficient (Wildman–Crippen LogP) is 1.05. The summed E-state index contributed by atoms with van der Waals surface area (Å²) in [6.07, 6.45) is 2.56. The Morgan fingerprint density at radius 2 is 2.04 bits per heavy atom. The van der Waals surface area contributed by atoms with E-state index in [4.69, 9.17) is 15.2 Å². The molecule has 0 aromatic heterocycles. The second kappa shape index (κ2) is 6.66. The fourth-order valence-electron chi connectivity index (χ4n) is 3.66. The second-order valence-corrected chi connectivity index (χ2v) is 6.19. The van der Waals surface area contributed by atoms with Crippen molar-refractivity contribution < 1.29 is 14.3 Å². The van der Waals surface area contributed by atoms with E-state index < -0.39 is 0 Å². The van der Waals surface area contributed by atoms with Crippen LogP contribution in [0.3, 0.4) is 0 Å². The SMILES string of the molecule is COc1cc2c(c(N3CCC(C(N)=O)CC3)c1OC)CCNC2. The molecule has 2 heterocycles. The molecule has 2 aliphatic rings. The number of methoxy groups -OCH3 is 2. The molecule has 1 aromatic carbocycles. The third kappa shape index (κ3) is 2.95. The zero-order valence-corrected chi connectivity index (χ0v) is 13.9. The van der Waals surface area contributed by atoms with Gasteiger partial charge in [0, 0.05) is 25.6 Å². The molecule has 1 amide bonds. The fraction of sp³-hybridized carbons (Fsp3) is 0.588. The zero-order chi connectivity index (χ0) is 16.4. The Morgan fingerprint density at radius 1 is 1.30 bits per heavy atom. The summed E-state index contributed by atoms with van der Waals surface area (Å²) < 4.78 is 11.2. The van der Waals surface area contributed by atoms with Crippen molar-refractivity contribution in [3.63, 3.8) is 0 Å². The largest absolute Gasteiger partial charge is 0.493 e. The normalized spacial score (nSPS) is 18.4. The molecule has 126 valence electrons. The Balaban J connectivity index is 1.98. The molecule has 1 aromatic rings. The smallest absolute Gasteiger partial charge is 0.220 e. The number of hydrogen-bond acceptors (Lipinski definition) is 5. The Hall–Kier alpha value is -1.95. The number of rotatable bonds is 4. The van der Waals surface area contributed by atoms with Gasteiger partial charge in [-0.2, -0.15) is 0 Å². The quantitative estimate of drug-likeness (QED) is 0.867. The highest BCUT2D eigenvalue weighted by Gasteiger charge is 2.29. The molecule has 0 atom stereocenters. The van der Waals surface area contributed by atoms with E-state index in [-0.39, 0.29) is 11.8 Å². The molecule has 0 unspecified atom stereocenters. The predicted molar refractivity (Wildman–Crippen MR) is 89.1 cm³/mol. The van der Waals surface area contributed by atoms with Crippen LogP contribution in [-0.4, -0.2) is 39.8 Å². The maximum Gasteiger partial charge on any atom is 0.220 e. The number of nitrogens with two attached hydrogens (primary N) is 1. The van der Waals surface area contributed by atoms with Crippen LogP contribution in [0.15, 0.2) is 6.07 Å². The minimum atomic E-state index is -0.187. The molecule has 1 saturated heterocycles. The van der Waals surface area contributed by atoms with Crippen molar-refractivity contribution in [2.75, 3.05) is 38.8 Å². The van der Waals surface area contributed by atoms with Gasteiger partial charge in [0.2, 0.25) is 5.91 Å². The number of amides is 1. The van der Waals surface area contributed by atoms with Crippen molar-refractivity contribution >= 4 is 11.6 Å². The summed E-state index contributed by atoms with van der Waals surface area (Å²) in [7, 11) is 3.36. The second-order valence-electron chi connectivity index (χ2n) is 6.19. The highest BCUT2D eigenvalue weighted by atomic mass is 16.5. The lowest BCUT2D eigenvalue weighted by Gasteiger charge is -2.36. The van der Waals surface area contributed by atoms with Crippen molar-refractivity contribution in [2.45, 2.75) is 25.8 Å². The third-order valence-corrected chi connectivity index (χ3v) is 4.92. The van der Waals surface area contributed by atoms with E-state index in [1.807, 2.05) is 0 Å². The summed E-state index contributed by atoms with van der Waals surface area (Å²) in [5.41, 5.74) is 9.18. The number of ether oxygens (including phenoxy) is 2. The number of anilines is 1. The first-order chi connectivity index (χ1) is 11.2. The molecule has 1 fully saturated rings. The average Bonchev–Trinajstić information content (AvgIpc) is 2.59. The first-order valence-corrected chi connectivity index (χ1v) is 8.17. The third-order valence-electron chi connectivity index (χ3n) is 4.92. The average molecular weight is 319 g/mol. The van der Waals surface area contributed by atoms with Gasteiger partial charge >= 0.3 is 0 Å². The Bertz CT molecular complexity index is 581. The molecule has 6 nitrogen and oxygen atoms in total. The van der Waals surface area contributed by atoms with Gasteiger partial charge in [-0.15, -0.1) is 0 Å². The summed E-state index contributed by atoms with van der Waals surface area (Å²) in [5, 5.41) is 3.41. The summed E-state index contributed by atoms with van der Waals surface area (Å²) in [6.45, 7) is 3.45. The lowest BCUT2D eigenvalue weighted by atomic mass is 9.92. The topological polar surface area (TPSA) is 76.8 Å². The van der Waals surface area contributed by atoms with Crippen molar-refractivity contribution in [1.82, 2.24) is 5.32 Å². The van der Waals surface area contributed by atoms with Gasteiger partial charge in [0.05, 0.1) is 19.9 Å². The molecule has 3 N–H and O–H groups in total. The fourth-order valence-corrected chi connectivity index (χ4v) is 3.66. The van der Waals surface area contributed by atoms with E-state index in [9.17, 15) is 4.79 Å². The summed E-state index contributed by atoms with van der Waals surface area (Å²) >= 11 is 0. The highest BCUT2D eigenvalue weighted by molar-refractivity contribution is 5.77. The highest BCUT2D eigenvalue weighted by Crippen LogP contribution is 2.44. The number of carbonyl (C=O) groups is 1. The molecule has 2 aliphatic heterocycles. The van der Waals surface area contributed by atoms with E-state index in [0.29, 0.717) is 0 Å². The van der Waals surface area contributed by atoms with Crippen molar-refractivity contribution in [1.29, 1.82) is 0 Å². The van der Waals surface area contributed by atoms with Gasteiger partial charge in [-0.25, -0.2) is 0 Å². The van der Waals surface area contributed by atoms with Crippen LogP contribution >= 0.6 is 0 Å².